The maximum Gasteiger partial charge on any atom is 0.255 e. The number of carbonyl (C=O) groups is 1. The van der Waals surface area contributed by atoms with Crippen LogP contribution in [0.2, 0.25) is 0 Å². The molecule has 1 aromatic carbocycles. The molecule has 0 unspecified atom stereocenters. The standard InChI is InChI=1S/C16H23NO2/c1-6-16(4,5)17-15(18)13-9-7-8-12-10(2)11(3)19-14(12)13/h7-11H,6H2,1-5H3,(H,17,18)/t10-,11-/m1/s1. The highest BCUT2D eigenvalue weighted by Gasteiger charge is 2.32. The summed E-state index contributed by atoms with van der Waals surface area (Å²) in [7, 11) is 0. The first kappa shape index (κ1) is 13.9. The van der Waals surface area contributed by atoms with Gasteiger partial charge in [0.1, 0.15) is 11.9 Å². The van der Waals surface area contributed by atoms with Crippen molar-refractivity contribution in [2.45, 2.75) is 58.6 Å². The summed E-state index contributed by atoms with van der Waals surface area (Å²) in [4.78, 5) is 12.4. The third kappa shape index (κ3) is 2.60. The Kier molecular flexibility index (Phi) is 3.57. The minimum absolute atomic E-state index is 0.0509. The maximum atomic E-state index is 12.4. The highest BCUT2D eigenvalue weighted by molar-refractivity contribution is 5.98. The molecule has 1 heterocycles. The molecule has 2 atom stereocenters. The monoisotopic (exact) mass is 261 g/mol. The van der Waals surface area contributed by atoms with Crippen LogP contribution in [0.1, 0.15) is 62.9 Å². The Hall–Kier alpha value is -1.51. The predicted molar refractivity (Wildman–Crippen MR) is 76.8 cm³/mol. The first-order chi connectivity index (χ1) is 8.85. The Balaban J connectivity index is 2.31. The van der Waals surface area contributed by atoms with Gasteiger partial charge in [0.05, 0.1) is 5.56 Å². The molecule has 0 radical (unpaired) electrons. The number of benzene rings is 1. The largest absolute Gasteiger partial charge is 0.489 e. The highest BCUT2D eigenvalue weighted by atomic mass is 16.5. The van der Waals surface area contributed by atoms with Gasteiger partial charge in [-0.1, -0.05) is 26.0 Å². The topological polar surface area (TPSA) is 38.3 Å². The molecule has 1 aliphatic heterocycles. The third-order valence-corrected chi connectivity index (χ3v) is 4.12. The van der Waals surface area contributed by atoms with Crippen LogP contribution in [0, 0.1) is 0 Å². The molecule has 1 aliphatic rings. The predicted octanol–water partition coefficient (Wildman–Crippen LogP) is 3.49. The zero-order valence-corrected chi connectivity index (χ0v) is 12.4. The van der Waals surface area contributed by atoms with Gasteiger partial charge in [0.25, 0.3) is 5.91 Å². The molecule has 104 valence electrons. The van der Waals surface area contributed by atoms with Crippen molar-refractivity contribution in [1.29, 1.82) is 0 Å². The second kappa shape index (κ2) is 4.87. The van der Waals surface area contributed by atoms with Crippen LogP contribution in [0.25, 0.3) is 0 Å². The molecular weight excluding hydrogens is 238 g/mol. The summed E-state index contributed by atoms with van der Waals surface area (Å²) in [5.41, 5.74) is 1.58. The third-order valence-electron chi connectivity index (χ3n) is 4.12. The van der Waals surface area contributed by atoms with Crippen molar-refractivity contribution in [2.24, 2.45) is 0 Å². The molecule has 1 amide bonds. The molecule has 1 aromatic rings. The van der Waals surface area contributed by atoms with E-state index in [0.29, 0.717) is 11.5 Å². The van der Waals surface area contributed by atoms with Gasteiger partial charge in [-0.25, -0.2) is 0 Å². The molecule has 0 bridgehead atoms. The Labute approximate surface area is 115 Å². The fourth-order valence-corrected chi connectivity index (χ4v) is 2.23. The van der Waals surface area contributed by atoms with Gasteiger partial charge >= 0.3 is 0 Å². The summed E-state index contributed by atoms with van der Waals surface area (Å²) < 4.78 is 5.86. The summed E-state index contributed by atoms with van der Waals surface area (Å²) in [6.45, 7) is 10.3. The van der Waals surface area contributed by atoms with Crippen LogP contribution >= 0.6 is 0 Å². The van der Waals surface area contributed by atoms with Crippen LogP contribution in [0.5, 0.6) is 5.75 Å². The first-order valence-electron chi connectivity index (χ1n) is 6.98. The summed E-state index contributed by atoms with van der Waals surface area (Å²) in [6.07, 6.45) is 1.02. The van der Waals surface area contributed by atoms with E-state index in [1.807, 2.05) is 39.0 Å². The maximum absolute atomic E-state index is 12.4. The average molecular weight is 261 g/mol. The zero-order valence-electron chi connectivity index (χ0n) is 12.4. The van der Waals surface area contributed by atoms with Gasteiger partial charge in [-0.15, -0.1) is 0 Å². The number of nitrogens with one attached hydrogen (secondary N) is 1. The van der Waals surface area contributed by atoms with Gasteiger partial charge in [0.15, 0.2) is 0 Å². The van der Waals surface area contributed by atoms with Gasteiger partial charge < -0.3 is 10.1 Å². The molecule has 0 fully saturated rings. The van der Waals surface area contributed by atoms with Crippen LogP contribution in [-0.4, -0.2) is 17.6 Å². The first-order valence-corrected chi connectivity index (χ1v) is 6.98. The summed E-state index contributed by atoms with van der Waals surface area (Å²) in [5.74, 6) is 1.04. The van der Waals surface area contributed by atoms with Crippen LogP contribution in [0.3, 0.4) is 0 Å². The minimum atomic E-state index is -0.199. The lowest BCUT2D eigenvalue weighted by atomic mass is 9.96. The van der Waals surface area contributed by atoms with Crippen LogP contribution < -0.4 is 10.1 Å². The van der Waals surface area contributed by atoms with E-state index < -0.39 is 0 Å². The molecule has 0 aliphatic carbocycles. The average Bonchev–Trinajstić information content (AvgIpc) is 2.65. The lowest BCUT2D eigenvalue weighted by Crippen LogP contribution is -2.42. The van der Waals surface area contributed by atoms with Crippen molar-refractivity contribution >= 4 is 5.91 Å². The molecule has 0 saturated heterocycles. The SMILES string of the molecule is CCC(C)(C)NC(=O)c1cccc2c1O[C@H](C)[C@H]2C. The Morgan fingerprint density at radius 3 is 2.68 bits per heavy atom. The number of fused-ring (bicyclic) bond motifs is 1. The van der Waals surface area contributed by atoms with Crippen LogP contribution in [0.4, 0.5) is 0 Å². The van der Waals surface area contributed by atoms with Crippen LogP contribution in [0.15, 0.2) is 18.2 Å². The molecule has 1 N–H and O–H groups in total. The van der Waals surface area contributed by atoms with Crippen molar-refractivity contribution in [3.05, 3.63) is 29.3 Å². The molecule has 2 rings (SSSR count). The summed E-state index contributed by atoms with van der Waals surface area (Å²) >= 11 is 0. The Morgan fingerprint density at radius 1 is 1.37 bits per heavy atom. The molecule has 0 saturated carbocycles. The van der Waals surface area contributed by atoms with E-state index in [-0.39, 0.29) is 17.6 Å². The fourth-order valence-electron chi connectivity index (χ4n) is 2.23. The molecular formula is C16H23NO2. The quantitative estimate of drug-likeness (QED) is 0.904. The van der Waals surface area contributed by atoms with E-state index in [2.05, 4.69) is 19.2 Å². The number of hydrogen-bond acceptors (Lipinski definition) is 2. The normalized spacial score (nSPS) is 21.7. The fraction of sp³-hybridized carbons (Fsp3) is 0.562. The lowest BCUT2D eigenvalue weighted by molar-refractivity contribution is 0.0906. The van der Waals surface area contributed by atoms with E-state index >= 15 is 0 Å². The number of para-hydroxylation sites is 1. The van der Waals surface area contributed by atoms with Crippen molar-refractivity contribution in [3.63, 3.8) is 0 Å². The van der Waals surface area contributed by atoms with Crippen molar-refractivity contribution in [1.82, 2.24) is 5.32 Å². The molecule has 3 heteroatoms. The van der Waals surface area contributed by atoms with Gasteiger partial charge in [-0.2, -0.15) is 0 Å². The molecule has 3 nitrogen and oxygen atoms in total. The van der Waals surface area contributed by atoms with Crippen molar-refractivity contribution in [3.8, 4) is 5.75 Å². The van der Waals surface area contributed by atoms with Gasteiger partial charge in [-0.05, 0) is 33.3 Å². The number of ether oxygens (including phenoxy) is 1. The van der Waals surface area contributed by atoms with Gasteiger partial charge in [0, 0.05) is 17.0 Å². The number of hydrogen-bond donors (Lipinski definition) is 1. The minimum Gasteiger partial charge on any atom is -0.489 e. The lowest BCUT2D eigenvalue weighted by Gasteiger charge is -2.25. The van der Waals surface area contributed by atoms with Gasteiger partial charge in [-0.3, -0.25) is 4.79 Å². The Morgan fingerprint density at radius 2 is 2.05 bits per heavy atom. The van der Waals surface area contributed by atoms with Crippen molar-refractivity contribution < 1.29 is 9.53 Å². The summed E-state index contributed by atoms with van der Waals surface area (Å²) in [5, 5.41) is 3.06. The van der Waals surface area contributed by atoms with Gasteiger partial charge in [0.2, 0.25) is 0 Å². The molecule has 19 heavy (non-hydrogen) atoms. The van der Waals surface area contributed by atoms with E-state index in [4.69, 9.17) is 4.74 Å². The number of amides is 1. The van der Waals surface area contributed by atoms with Crippen LogP contribution in [-0.2, 0) is 0 Å². The second-order valence-electron chi connectivity index (χ2n) is 6.03. The van der Waals surface area contributed by atoms with Crippen molar-refractivity contribution in [2.75, 3.05) is 0 Å². The number of rotatable bonds is 3. The zero-order chi connectivity index (χ0) is 14.2. The van der Waals surface area contributed by atoms with E-state index in [1.165, 1.54) is 0 Å². The smallest absolute Gasteiger partial charge is 0.255 e. The molecule has 0 aromatic heterocycles. The second-order valence-corrected chi connectivity index (χ2v) is 6.03. The Bertz CT molecular complexity index is 494. The van der Waals surface area contributed by atoms with E-state index in [0.717, 1.165) is 17.7 Å². The number of carbonyl (C=O) groups excluding carboxylic acids is 1. The van der Waals surface area contributed by atoms with E-state index in [1.54, 1.807) is 0 Å². The van der Waals surface area contributed by atoms with E-state index in [9.17, 15) is 4.79 Å². The molecule has 0 spiro atoms. The summed E-state index contributed by atoms with van der Waals surface area (Å²) in [6, 6.07) is 5.82. The highest BCUT2D eigenvalue weighted by Crippen LogP contribution is 2.40.